The van der Waals surface area contributed by atoms with Gasteiger partial charge in [0.15, 0.2) is 0 Å². The van der Waals surface area contributed by atoms with Crippen LogP contribution in [0.4, 0.5) is 5.69 Å². The third-order valence-electron chi connectivity index (χ3n) is 4.21. The number of hydrazone groups is 1. The summed E-state index contributed by atoms with van der Waals surface area (Å²) in [7, 11) is -3.31. The van der Waals surface area contributed by atoms with E-state index < -0.39 is 10.0 Å². The summed E-state index contributed by atoms with van der Waals surface area (Å²) in [6.07, 6.45) is 2.47. The Hall–Kier alpha value is -2.61. The minimum absolute atomic E-state index is 0.0143. The van der Waals surface area contributed by atoms with Crippen LogP contribution in [-0.4, -0.2) is 30.8 Å². The number of rotatable bonds is 6. The Morgan fingerprint density at radius 1 is 1.27 bits per heavy atom. The molecule has 2 aromatic rings. The van der Waals surface area contributed by atoms with Gasteiger partial charge in [-0.2, -0.15) is 5.10 Å². The largest absolute Gasteiger partial charge is 0.467 e. The number of nitrogens with one attached hydrogen (secondary N) is 1. The van der Waals surface area contributed by atoms with Crippen LogP contribution < -0.4 is 4.72 Å². The van der Waals surface area contributed by atoms with Gasteiger partial charge in [0.25, 0.3) is 0 Å². The Bertz CT molecular complexity index is 902. The van der Waals surface area contributed by atoms with Crippen molar-refractivity contribution in [1.82, 2.24) is 5.01 Å². The Morgan fingerprint density at radius 3 is 2.58 bits per heavy atom. The van der Waals surface area contributed by atoms with E-state index in [0.717, 1.165) is 11.3 Å². The van der Waals surface area contributed by atoms with Gasteiger partial charge < -0.3 is 4.42 Å². The molecule has 1 aliphatic heterocycles. The van der Waals surface area contributed by atoms with Crippen LogP contribution in [0.1, 0.15) is 44.1 Å². The van der Waals surface area contributed by atoms with Gasteiger partial charge in [-0.25, -0.2) is 13.4 Å². The Balaban J connectivity index is 1.83. The zero-order valence-electron chi connectivity index (χ0n) is 14.7. The molecule has 26 heavy (non-hydrogen) atoms. The van der Waals surface area contributed by atoms with Gasteiger partial charge in [0, 0.05) is 18.5 Å². The fourth-order valence-electron chi connectivity index (χ4n) is 2.76. The standard InChI is InChI=1S/C18H21N3O4S/c1-3-18(22)21-16(17-6-5-11-25-17)12-15(19-21)13-7-9-14(10-8-13)20-26(23,24)4-2/h5-11,16,20H,3-4,12H2,1-2H3/t16-/m1/s1. The average Bonchev–Trinajstić information content (AvgIpc) is 3.31. The van der Waals surface area contributed by atoms with E-state index in [0.29, 0.717) is 24.3 Å². The highest BCUT2D eigenvalue weighted by molar-refractivity contribution is 7.92. The summed E-state index contributed by atoms with van der Waals surface area (Å²) in [5.41, 5.74) is 2.10. The molecule has 1 aromatic carbocycles. The molecule has 7 nitrogen and oxygen atoms in total. The van der Waals surface area contributed by atoms with E-state index in [-0.39, 0.29) is 17.7 Å². The molecule has 2 heterocycles. The van der Waals surface area contributed by atoms with Crippen LogP contribution in [0.2, 0.25) is 0 Å². The van der Waals surface area contributed by atoms with E-state index in [1.807, 2.05) is 6.07 Å². The normalized spacial score (nSPS) is 17.2. The van der Waals surface area contributed by atoms with E-state index in [2.05, 4.69) is 9.82 Å². The number of benzene rings is 1. The quantitative estimate of drug-likeness (QED) is 0.839. The van der Waals surface area contributed by atoms with E-state index in [9.17, 15) is 13.2 Å². The maximum Gasteiger partial charge on any atom is 0.243 e. The highest BCUT2D eigenvalue weighted by Gasteiger charge is 2.34. The summed E-state index contributed by atoms with van der Waals surface area (Å²) in [5, 5.41) is 5.96. The first-order chi connectivity index (χ1) is 12.4. The molecule has 0 saturated carbocycles. The van der Waals surface area contributed by atoms with Crippen molar-refractivity contribution in [2.24, 2.45) is 5.10 Å². The maximum atomic E-state index is 12.2. The second kappa shape index (κ2) is 7.33. The third-order valence-corrected chi connectivity index (χ3v) is 5.52. The number of carbonyl (C=O) groups is 1. The van der Waals surface area contributed by atoms with Crippen LogP contribution in [0, 0.1) is 0 Å². The molecule has 1 aliphatic rings. The molecule has 0 spiro atoms. The lowest BCUT2D eigenvalue weighted by Crippen LogP contribution is -2.25. The van der Waals surface area contributed by atoms with Gasteiger partial charge in [-0.05, 0) is 36.8 Å². The summed E-state index contributed by atoms with van der Waals surface area (Å²) in [6, 6.07) is 10.3. The molecule has 0 saturated heterocycles. The summed E-state index contributed by atoms with van der Waals surface area (Å²) >= 11 is 0. The van der Waals surface area contributed by atoms with Crippen molar-refractivity contribution < 1.29 is 17.6 Å². The van der Waals surface area contributed by atoms with Crippen molar-refractivity contribution in [2.75, 3.05) is 10.5 Å². The number of sulfonamides is 1. The minimum atomic E-state index is -3.31. The molecular formula is C18H21N3O4S. The fraction of sp³-hybridized carbons (Fsp3) is 0.333. The highest BCUT2D eigenvalue weighted by atomic mass is 32.2. The molecule has 8 heteroatoms. The first-order valence-electron chi connectivity index (χ1n) is 8.47. The molecule has 138 valence electrons. The molecule has 3 rings (SSSR count). The summed E-state index contributed by atoms with van der Waals surface area (Å²) in [5.74, 6) is 0.631. The number of hydrogen-bond donors (Lipinski definition) is 1. The van der Waals surface area contributed by atoms with Crippen molar-refractivity contribution >= 4 is 27.3 Å². The molecule has 0 unspecified atom stereocenters. The summed E-state index contributed by atoms with van der Waals surface area (Å²) in [6.45, 7) is 3.38. The average molecular weight is 375 g/mol. The molecule has 1 aromatic heterocycles. The lowest BCUT2D eigenvalue weighted by Gasteiger charge is -2.18. The van der Waals surface area contributed by atoms with Gasteiger partial charge in [0.1, 0.15) is 11.8 Å². The van der Waals surface area contributed by atoms with Crippen LogP contribution in [0.3, 0.4) is 0 Å². The summed E-state index contributed by atoms with van der Waals surface area (Å²) in [4.78, 5) is 12.2. The predicted molar refractivity (Wildman–Crippen MR) is 99.3 cm³/mol. The Kier molecular flexibility index (Phi) is 5.13. The van der Waals surface area contributed by atoms with Crippen molar-refractivity contribution in [3.05, 3.63) is 54.0 Å². The second-order valence-electron chi connectivity index (χ2n) is 5.96. The van der Waals surface area contributed by atoms with Crippen LogP contribution in [0.15, 0.2) is 52.2 Å². The van der Waals surface area contributed by atoms with Crippen LogP contribution in [0.25, 0.3) is 0 Å². The van der Waals surface area contributed by atoms with Gasteiger partial charge in [-0.15, -0.1) is 0 Å². The SMILES string of the molecule is CCC(=O)N1N=C(c2ccc(NS(=O)(=O)CC)cc2)C[C@@H]1c1ccco1. The first-order valence-corrected chi connectivity index (χ1v) is 10.1. The van der Waals surface area contributed by atoms with Crippen LogP contribution in [0.5, 0.6) is 0 Å². The number of furan rings is 1. The van der Waals surface area contributed by atoms with Gasteiger partial charge in [0.2, 0.25) is 15.9 Å². The maximum absolute atomic E-state index is 12.2. The molecule has 1 atom stereocenters. The van der Waals surface area contributed by atoms with Crippen molar-refractivity contribution in [2.45, 2.75) is 32.7 Å². The van der Waals surface area contributed by atoms with Gasteiger partial charge >= 0.3 is 0 Å². The fourth-order valence-corrected chi connectivity index (χ4v) is 3.40. The number of nitrogens with zero attached hydrogens (tertiary/aromatic N) is 2. The molecule has 1 amide bonds. The Labute approximate surface area is 152 Å². The summed E-state index contributed by atoms with van der Waals surface area (Å²) < 4.78 is 31.3. The molecule has 1 N–H and O–H groups in total. The van der Waals surface area contributed by atoms with Gasteiger partial charge in [-0.1, -0.05) is 19.1 Å². The van der Waals surface area contributed by atoms with Gasteiger partial charge in [-0.3, -0.25) is 9.52 Å². The van der Waals surface area contributed by atoms with E-state index in [1.54, 1.807) is 50.4 Å². The van der Waals surface area contributed by atoms with Gasteiger partial charge in [0.05, 0.1) is 17.7 Å². The second-order valence-corrected chi connectivity index (χ2v) is 7.97. The molecular weight excluding hydrogens is 354 g/mol. The van der Waals surface area contributed by atoms with Crippen molar-refractivity contribution in [1.29, 1.82) is 0 Å². The van der Waals surface area contributed by atoms with E-state index in [1.165, 1.54) is 5.01 Å². The lowest BCUT2D eigenvalue weighted by atomic mass is 10.0. The van der Waals surface area contributed by atoms with E-state index >= 15 is 0 Å². The van der Waals surface area contributed by atoms with Crippen LogP contribution >= 0.6 is 0 Å². The zero-order valence-corrected chi connectivity index (χ0v) is 15.5. The Morgan fingerprint density at radius 2 is 2.00 bits per heavy atom. The van der Waals surface area contributed by atoms with Crippen molar-refractivity contribution in [3.63, 3.8) is 0 Å². The zero-order chi connectivity index (χ0) is 18.7. The smallest absolute Gasteiger partial charge is 0.243 e. The number of amides is 1. The highest BCUT2D eigenvalue weighted by Crippen LogP contribution is 2.33. The van der Waals surface area contributed by atoms with Crippen molar-refractivity contribution in [3.8, 4) is 0 Å². The molecule has 0 radical (unpaired) electrons. The number of anilines is 1. The third kappa shape index (κ3) is 3.80. The first kappa shape index (κ1) is 18.2. The number of hydrogen-bond acceptors (Lipinski definition) is 5. The predicted octanol–water partition coefficient (Wildman–Crippen LogP) is 3.13. The monoisotopic (exact) mass is 375 g/mol. The molecule has 0 bridgehead atoms. The lowest BCUT2D eigenvalue weighted by molar-refractivity contribution is -0.133. The van der Waals surface area contributed by atoms with E-state index in [4.69, 9.17) is 4.42 Å². The molecule has 0 aliphatic carbocycles. The molecule has 0 fully saturated rings. The number of carbonyl (C=O) groups excluding carboxylic acids is 1. The topological polar surface area (TPSA) is 92.0 Å². The van der Waals surface area contributed by atoms with Crippen LogP contribution in [-0.2, 0) is 14.8 Å². The minimum Gasteiger partial charge on any atom is -0.467 e.